The molecule has 0 saturated heterocycles. The van der Waals surface area contributed by atoms with Crippen molar-refractivity contribution in [1.29, 1.82) is 0 Å². The van der Waals surface area contributed by atoms with Crippen LogP contribution in [0.5, 0.6) is 0 Å². The van der Waals surface area contributed by atoms with Crippen LogP contribution in [0.3, 0.4) is 0 Å². The highest BCUT2D eigenvalue weighted by atomic mass is 19.1. The van der Waals surface area contributed by atoms with Crippen LogP contribution in [0.2, 0.25) is 0 Å². The second-order valence-electron chi connectivity index (χ2n) is 4.56. The maximum absolute atomic E-state index is 13.7. The second-order valence-corrected chi connectivity index (χ2v) is 4.56. The molecule has 1 aromatic rings. The van der Waals surface area contributed by atoms with Crippen molar-refractivity contribution in [2.45, 2.75) is 18.9 Å². The first-order chi connectivity index (χ1) is 8.99. The zero-order valence-electron chi connectivity index (χ0n) is 10.5. The Bertz CT molecular complexity index is 550. The lowest BCUT2D eigenvalue weighted by atomic mass is 10.1. The predicted octanol–water partition coefficient (Wildman–Crippen LogP) is 2.16. The molecule has 0 aliphatic heterocycles. The van der Waals surface area contributed by atoms with Crippen LogP contribution < -0.4 is 0 Å². The van der Waals surface area contributed by atoms with Gasteiger partial charge in [-0.3, -0.25) is 4.79 Å². The van der Waals surface area contributed by atoms with Gasteiger partial charge in [-0.2, -0.15) is 0 Å². The van der Waals surface area contributed by atoms with Gasteiger partial charge < -0.3 is 10.0 Å². The first-order valence-electron chi connectivity index (χ1n) is 5.97. The number of carbonyl (C=O) groups excluding carboxylic acids is 1. The van der Waals surface area contributed by atoms with Gasteiger partial charge in [-0.15, -0.1) is 0 Å². The molecule has 0 radical (unpaired) electrons. The van der Waals surface area contributed by atoms with Crippen molar-refractivity contribution in [3.8, 4) is 0 Å². The summed E-state index contributed by atoms with van der Waals surface area (Å²) in [5.41, 5.74) is 0.457. The molecule has 19 heavy (non-hydrogen) atoms. The van der Waals surface area contributed by atoms with Crippen LogP contribution in [0.25, 0.3) is 6.08 Å². The van der Waals surface area contributed by atoms with Gasteiger partial charge in [-0.1, -0.05) is 6.07 Å². The van der Waals surface area contributed by atoms with Crippen molar-refractivity contribution in [2.24, 2.45) is 0 Å². The zero-order valence-corrected chi connectivity index (χ0v) is 10.5. The van der Waals surface area contributed by atoms with E-state index in [-0.39, 0.29) is 17.5 Å². The molecule has 0 aromatic heterocycles. The monoisotopic (exact) mass is 263 g/mol. The van der Waals surface area contributed by atoms with E-state index in [9.17, 15) is 14.0 Å². The standard InChI is InChI=1S/C14H14FNO3/c1-16(10-4-5-10)14(19)11-8-9(2-6-12(11)15)3-7-13(17)18/h2-3,6-8,10H,4-5H2,1H3,(H,17,18). The molecule has 1 aliphatic rings. The number of nitrogens with zero attached hydrogens (tertiary/aromatic N) is 1. The molecule has 1 amide bonds. The minimum Gasteiger partial charge on any atom is -0.478 e. The molecule has 4 nitrogen and oxygen atoms in total. The van der Waals surface area contributed by atoms with Crippen molar-refractivity contribution >= 4 is 18.0 Å². The third kappa shape index (κ3) is 3.19. The summed E-state index contributed by atoms with van der Waals surface area (Å²) >= 11 is 0. The minimum absolute atomic E-state index is 0.0260. The molecule has 0 heterocycles. The van der Waals surface area contributed by atoms with Crippen LogP contribution in [-0.2, 0) is 4.79 Å². The number of amides is 1. The summed E-state index contributed by atoms with van der Waals surface area (Å²) in [5, 5.41) is 8.54. The van der Waals surface area contributed by atoms with Gasteiger partial charge in [0.15, 0.2) is 0 Å². The van der Waals surface area contributed by atoms with E-state index in [4.69, 9.17) is 5.11 Å². The molecular weight excluding hydrogens is 249 g/mol. The van der Waals surface area contributed by atoms with E-state index in [0.29, 0.717) is 5.56 Å². The minimum atomic E-state index is -1.09. The molecular formula is C14H14FNO3. The summed E-state index contributed by atoms with van der Waals surface area (Å²) in [6, 6.07) is 4.18. The lowest BCUT2D eigenvalue weighted by Gasteiger charge is -2.16. The van der Waals surface area contributed by atoms with Crippen LogP contribution in [0.15, 0.2) is 24.3 Å². The summed E-state index contributed by atoms with van der Waals surface area (Å²) in [7, 11) is 1.65. The van der Waals surface area contributed by atoms with E-state index < -0.39 is 11.8 Å². The van der Waals surface area contributed by atoms with Crippen molar-refractivity contribution in [2.75, 3.05) is 7.05 Å². The first-order valence-corrected chi connectivity index (χ1v) is 5.97. The van der Waals surface area contributed by atoms with E-state index in [1.165, 1.54) is 29.2 Å². The highest BCUT2D eigenvalue weighted by molar-refractivity contribution is 5.95. The Balaban J connectivity index is 2.25. The predicted molar refractivity (Wildman–Crippen MR) is 68.2 cm³/mol. The largest absolute Gasteiger partial charge is 0.478 e. The first kappa shape index (κ1) is 13.3. The molecule has 1 N–H and O–H groups in total. The fourth-order valence-corrected chi connectivity index (χ4v) is 1.80. The van der Waals surface area contributed by atoms with Crippen LogP contribution in [-0.4, -0.2) is 35.0 Å². The molecule has 0 unspecified atom stereocenters. The highest BCUT2D eigenvalue weighted by Crippen LogP contribution is 2.27. The highest BCUT2D eigenvalue weighted by Gasteiger charge is 2.31. The molecule has 0 spiro atoms. The van der Waals surface area contributed by atoms with Gasteiger partial charge >= 0.3 is 5.97 Å². The van der Waals surface area contributed by atoms with Gasteiger partial charge in [-0.05, 0) is 36.6 Å². The number of carboxylic acid groups (broad SMARTS) is 1. The molecule has 5 heteroatoms. The Morgan fingerprint density at radius 1 is 1.42 bits per heavy atom. The van der Waals surface area contributed by atoms with Gasteiger partial charge in [0.2, 0.25) is 0 Å². The van der Waals surface area contributed by atoms with Crippen molar-refractivity contribution in [1.82, 2.24) is 4.90 Å². The van der Waals surface area contributed by atoms with E-state index in [0.717, 1.165) is 18.9 Å². The number of hydrogen-bond donors (Lipinski definition) is 1. The van der Waals surface area contributed by atoms with Gasteiger partial charge in [-0.25, -0.2) is 9.18 Å². The zero-order chi connectivity index (χ0) is 14.0. The lowest BCUT2D eigenvalue weighted by molar-refractivity contribution is -0.131. The number of aliphatic carboxylic acids is 1. The molecule has 1 saturated carbocycles. The Morgan fingerprint density at radius 3 is 2.68 bits per heavy atom. The van der Waals surface area contributed by atoms with Crippen molar-refractivity contribution in [3.63, 3.8) is 0 Å². The fourth-order valence-electron chi connectivity index (χ4n) is 1.80. The number of hydrogen-bond acceptors (Lipinski definition) is 2. The van der Waals surface area contributed by atoms with E-state index in [1.54, 1.807) is 7.05 Å². The van der Waals surface area contributed by atoms with E-state index >= 15 is 0 Å². The smallest absolute Gasteiger partial charge is 0.328 e. The third-order valence-electron chi connectivity index (χ3n) is 3.05. The van der Waals surface area contributed by atoms with Crippen molar-refractivity contribution in [3.05, 3.63) is 41.2 Å². The summed E-state index contributed by atoms with van der Waals surface area (Å²) in [5.74, 6) is -2.05. The second kappa shape index (κ2) is 5.22. The maximum Gasteiger partial charge on any atom is 0.328 e. The van der Waals surface area contributed by atoms with Gasteiger partial charge in [0.1, 0.15) is 5.82 Å². The number of benzene rings is 1. The number of halogens is 1. The average Bonchev–Trinajstić information content (AvgIpc) is 3.20. The van der Waals surface area contributed by atoms with Crippen LogP contribution in [0.4, 0.5) is 4.39 Å². The summed E-state index contributed by atoms with van der Waals surface area (Å²) in [6.45, 7) is 0. The van der Waals surface area contributed by atoms with E-state index in [2.05, 4.69) is 0 Å². The Kier molecular flexibility index (Phi) is 3.64. The normalized spacial score (nSPS) is 14.6. The Labute approximate surface area is 110 Å². The molecule has 1 aromatic carbocycles. The number of carboxylic acids is 1. The molecule has 100 valence electrons. The molecule has 0 atom stereocenters. The van der Waals surface area contributed by atoms with Gasteiger partial charge in [0.25, 0.3) is 5.91 Å². The summed E-state index contributed by atoms with van der Waals surface area (Å²) in [4.78, 5) is 24.0. The van der Waals surface area contributed by atoms with Crippen molar-refractivity contribution < 1.29 is 19.1 Å². The van der Waals surface area contributed by atoms with Crippen LogP contribution in [0.1, 0.15) is 28.8 Å². The summed E-state index contributed by atoms with van der Waals surface area (Å²) < 4.78 is 13.7. The quantitative estimate of drug-likeness (QED) is 0.847. The number of rotatable bonds is 4. The van der Waals surface area contributed by atoms with E-state index in [1.807, 2.05) is 0 Å². The maximum atomic E-state index is 13.7. The summed E-state index contributed by atoms with van der Waals surface area (Å²) in [6.07, 6.45) is 4.17. The average molecular weight is 263 g/mol. The fraction of sp³-hybridized carbons (Fsp3) is 0.286. The van der Waals surface area contributed by atoms with Crippen LogP contribution >= 0.6 is 0 Å². The molecule has 0 bridgehead atoms. The lowest BCUT2D eigenvalue weighted by Crippen LogP contribution is -2.29. The van der Waals surface area contributed by atoms with Crippen LogP contribution in [0, 0.1) is 5.82 Å². The van der Waals surface area contributed by atoms with Gasteiger partial charge in [0, 0.05) is 19.2 Å². The molecule has 1 fully saturated rings. The van der Waals surface area contributed by atoms with Gasteiger partial charge in [0.05, 0.1) is 5.56 Å². The Morgan fingerprint density at radius 2 is 2.11 bits per heavy atom. The Hall–Kier alpha value is -2.17. The SMILES string of the molecule is CN(C(=O)c1cc(C=CC(=O)O)ccc1F)C1CC1. The topological polar surface area (TPSA) is 57.6 Å². The third-order valence-corrected chi connectivity index (χ3v) is 3.05. The molecule has 2 rings (SSSR count). The molecule has 1 aliphatic carbocycles. The number of carbonyl (C=O) groups is 2.